The van der Waals surface area contributed by atoms with Crippen LogP contribution in [0.1, 0.15) is 18.3 Å². The molecule has 0 amide bonds. The van der Waals surface area contributed by atoms with E-state index < -0.39 is 0 Å². The Bertz CT molecular complexity index is 408. The highest BCUT2D eigenvalue weighted by Crippen LogP contribution is 2.23. The quantitative estimate of drug-likeness (QED) is 0.905. The minimum absolute atomic E-state index is 0.0890. The van der Waals surface area contributed by atoms with Crippen LogP contribution in [0.25, 0.3) is 0 Å². The lowest BCUT2D eigenvalue weighted by atomic mass is 10.2. The molecule has 0 spiro atoms. The SMILES string of the molecule is CCn1nc(C)c(Br)c1CN1CCOCC1CO. The first-order chi connectivity index (χ1) is 8.67. The van der Waals surface area contributed by atoms with Crippen LogP contribution < -0.4 is 0 Å². The Kier molecular flexibility index (Phi) is 4.77. The van der Waals surface area contributed by atoms with Gasteiger partial charge in [0.25, 0.3) is 0 Å². The van der Waals surface area contributed by atoms with Gasteiger partial charge in [0.05, 0.1) is 41.7 Å². The molecule has 1 aliphatic rings. The monoisotopic (exact) mass is 317 g/mol. The van der Waals surface area contributed by atoms with Gasteiger partial charge >= 0.3 is 0 Å². The van der Waals surface area contributed by atoms with Crippen molar-refractivity contribution in [2.75, 3.05) is 26.4 Å². The van der Waals surface area contributed by atoms with E-state index in [1.807, 2.05) is 11.6 Å². The molecule has 5 nitrogen and oxygen atoms in total. The second-order valence-electron chi connectivity index (χ2n) is 4.54. The molecular weight excluding hydrogens is 298 g/mol. The van der Waals surface area contributed by atoms with Crippen LogP contribution in [0.4, 0.5) is 0 Å². The zero-order valence-corrected chi connectivity index (χ0v) is 12.5. The lowest BCUT2D eigenvalue weighted by molar-refractivity contribution is -0.0323. The first-order valence-electron chi connectivity index (χ1n) is 6.31. The van der Waals surface area contributed by atoms with Gasteiger partial charge in [-0.15, -0.1) is 0 Å². The summed E-state index contributed by atoms with van der Waals surface area (Å²) >= 11 is 3.61. The molecule has 0 aromatic carbocycles. The molecule has 2 heterocycles. The molecule has 102 valence electrons. The van der Waals surface area contributed by atoms with Gasteiger partial charge in [0.2, 0.25) is 0 Å². The van der Waals surface area contributed by atoms with E-state index in [4.69, 9.17) is 4.74 Å². The maximum atomic E-state index is 9.38. The largest absolute Gasteiger partial charge is 0.395 e. The molecule has 1 aromatic rings. The highest BCUT2D eigenvalue weighted by atomic mass is 79.9. The summed E-state index contributed by atoms with van der Waals surface area (Å²) in [5.41, 5.74) is 2.19. The number of ether oxygens (including phenoxy) is 1. The van der Waals surface area contributed by atoms with E-state index in [1.54, 1.807) is 0 Å². The van der Waals surface area contributed by atoms with Gasteiger partial charge in [-0.25, -0.2) is 0 Å². The zero-order valence-electron chi connectivity index (χ0n) is 10.9. The number of aliphatic hydroxyl groups is 1. The number of aliphatic hydroxyl groups excluding tert-OH is 1. The second kappa shape index (κ2) is 6.14. The van der Waals surface area contributed by atoms with Crippen molar-refractivity contribution in [1.29, 1.82) is 0 Å². The molecule has 1 saturated heterocycles. The Labute approximate surface area is 116 Å². The van der Waals surface area contributed by atoms with Crippen molar-refractivity contribution in [2.24, 2.45) is 0 Å². The first-order valence-corrected chi connectivity index (χ1v) is 7.11. The standard InChI is InChI=1S/C12H20BrN3O2/c1-3-16-11(12(13)9(2)14-16)6-15-4-5-18-8-10(15)7-17/h10,17H,3-8H2,1-2H3. The summed E-state index contributed by atoms with van der Waals surface area (Å²) in [5, 5.41) is 13.9. The van der Waals surface area contributed by atoms with E-state index in [0.29, 0.717) is 6.61 Å². The molecule has 18 heavy (non-hydrogen) atoms. The number of hydrogen-bond acceptors (Lipinski definition) is 4. The normalized spacial score (nSPS) is 21.4. The molecule has 0 bridgehead atoms. The molecule has 1 N–H and O–H groups in total. The summed E-state index contributed by atoms with van der Waals surface area (Å²) in [6.45, 7) is 8.07. The maximum Gasteiger partial charge on any atom is 0.0739 e. The Morgan fingerprint density at radius 3 is 3.00 bits per heavy atom. The number of aromatic nitrogens is 2. The summed E-state index contributed by atoms with van der Waals surface area (Å²) in [4.78, 5) is 2.26. The van der Waals surface area contributed by atoms with Crippen molar-refractivity contribution in [3.05, 3.63) is 15.9 Å². The number of rotatable bonds is 4. The average Bonchev–Trinajstić information content (AvgIpc) is 2.67. The van der Waals surface area contributed by atoms with E-state index >= 15 is 0 Å². The van der Waals surface area contributed by atoms with E-state index in [-0.39, 0.29) is 12.6 Å². The number of halogens is 1. The molecule has 1 aromatic heterocycles. The fraction of sp³-hybridized carbons (Fsp3) is 0.750. The Balaban J connectivity index is 2.17. The van der Waals surface area contributed by atoms with E-state index in [9.17, 15) is 5.11 Å². The minimum Gasteiger partial charge on any atom is -0.395 e. The molecule has 1 fully saturated rings. The average molecular weight is 318 g/mol. The predicted octanol–water partition coefficient (Wildman–Crippen LogP) is 1.17. The van der Waals surface area contributed by atoms with Crippen LogP contribution in [0.15, 0.2) is 4.47 Å². The van der Waals surface area contributed by atoms with Crippen molar-refractivity contribution in [3.63, 3.8) is 0 Å². The van der Waals surface area contributed by atoms with E-state index in [0.717, 1.165) is 36.4 Å². The first kappa shape index (κ1) is 14.0. The van der Waals surface area contributed by atoms with Crippen molar-refractivity contribution < 1.29 is 9.84 Å². The predicted molar refractivity (Wildman–Crippen MR) is 72.4 cm³/mol. The molecular formula is C12H20BrN3O2. The Morgan fingerprint density at radius 1 is 1.56 bits per heavy atom. The molecule has 2 rings (SSSR count). The van der Waals surface area contributed by atoms with Crippen LogP contribution in [0.5, 0.6) is 0 Å². The summed E-state index contributed by atoms with van der Waals surface area (Å²) in [6, 6.07) is 0.0890. The Hall–Kier alpha value is -0.430. The van der Waals surface area contributed by atoms with Crippen molar-refractivity contribution in [3.8, 4) is 0 Å². The van der Waals surface area contributed by atoms with Crippen molar-refractivity contribution in [1.82, 2.24) is 14.7 Å². The van der Waals surface area contributed by atoms with Gasteiger partial charge in [0.15, 0.2) is 0 Å². The third kappa shape index (κ3) is 2.77. The number of nitrogens with zero attached hydrogens (tertiary/aromatic N) is 3. The summed E-state index contributed by atoms with van der Waals surface area (Å²) in [5.74, 6) is 0. The third-order valence-electron chi connectivity index (χ3n) is 3.37. The number of morpholine rings is 1. The van der Waals surface area contributed by atoms with E-state index in [1.165, 1.54) is 5.69 Å². The van der Waals surface area contributed by atoms with E-state index in [2.05, 4.69) is 32.9 Å². The van der Waals surface area contributed by atoms with Crippen LogP contribution in [-0.4, -0.2) is 52.2 Å². The Morgan fingerprint density at radius 2 is 2.33 bits per heavy atom. The molecule has 0 saturated carbocycles. The van der Waals surface area contributed by atoms with Crippen molar-refractivity contribution in [2.45, 2.75) is 33.0 Å². The van der Waals surface area contributed by atoms with Gasteiger partial charge in [-0.3, -0.25) is 9.58 Å². The highest BCUT2D eigenvalue weighted by molar-refractivity contribution is 9.10. The summed E-state index contributed by atoms with van der Waals surface area (Å²) < 4.78 is 8.49. The molecule has 1 atom stereocenters. The van der Waals surface area contributed by atoms with Crippen LogP contribution in [0.3, 0.4) is 0 Å². The van der Waals surface area contributed by atoms with Crippen LogP contribution in [0, 0.1) is 6.92 Å². The lowest BCUT2D eigenvalue weighted by Crippen LogP contribution is -2.47. The van der Waals surface area contributed by atoms with Gasteiger partial charge < -0.3 is 9.84 Å². The van der Waals surface area contributed by atoms with Gasteiger partial charge in [0.1, 0.15) is 0 Å². The minimum atomic E-state index is 0.0890. The molecule has 0 aliphatic carbocycles. The van der Waals surface area contributed by atoms with Gasteiger partial charge in [-0.2, -0.15) is 5.10 Å². The van der Waals surface area contributed by atoms with Crippen LogP contribution in [0.2, 0.25) is 0 Å². The van der Waals surface area contributed by atoms with Crippen LogP contribution in [-0.2, 0) is 17.8 Å². The summed E-state index contributed by atoms with van der Waals surface area (Å²) in [6.07, 6.45) is 0. The molecule has 0 radical (unpaired) electrons. The molecule has 1 aliphatic heterocycles. The van der Waals surface area contributed by atoms with Gasteiger partial charge in [-0.05, 0) is 29.8 Å². The molecule has 1 unspecified atom stereocenters. The summed E-state index contributed by atoms with van der Waals surface area (Å²) in [7, 11) is 0. The fourth-order valence-electron chi connectivity index (χ4n) is 2.28. The van der Waals surface area contributed by atoms with Crippen LogP contribution >= 0.6 is 15.9 Å². The third-order valence-corrected chi connectivity index (χ3v) is 4.40. The highest BCUT2D eigenvalue weighted by Gasteiger charge is 2.24. The molecule has 6 heteroatoms. The lowest BCUT2D eigenvalue weighted by Gasteiger charge is -2.34. The fourth-order valence-corrected chi connectivity index (χ4v) is 2.69. The topological polar surface area (TPSA) is 50.5 Å². The smallest absolute Gasteiger partial charge is 0.0739 e. The second-order valence-corrected chi connectivity index (χ2v) is 5.34. The van der Waals surface area contributed by atoms with Gasteiger partial charge in [0, 0.05) is 19.6 Å². The number of hydrogen-bond donors (Lipinski definition) is 1. The van der Waals surface area contributed by atoms with Gasteiger partial charge in [-0.1, -0.05) is 0 Å². The number of aryl methyl sites for hydroxylation is 2. The maximum absolute atomic E-state index is 9.38. The zero-order chi connectivity index (χ0) is 13.1. The van der Waals surface area contributed by atoms with Crippen molar-refractivity contribution >= 4 is 15.9 Å².